The van der Waals surface area contributed by atoms with Gasteiger partial charge < -0.3 is 10.2 Å². The summed E-state index contributed by atoms with van der Waals surface area (Å²) in [5.41, 5.74) is 1.07. The molecule has 0 spiro atoms. The molecule has 1 heterocycles. The molecular weight excluding hydrogens is 307 g/mol. The molecule has 2 atom stereocenters. The van der Waals surface area contributed by atoms with Gasteiger partial charge in [0.15, 0.2) is 0 Å². The number of nitrogens with zero attached hydrogens (tertiary/aromatic N) is 1. The van der Waals surface area contributed by atoms with E-state index in [-0.39, 0.29) is 17.9 Å². The Labute approximate surface area is 136 Å². The van der Waals surface area contributed by atoms with Crippen LogP contribution < -0.4 is 5.32 Å². The summed E-state index contributed by atoms with van der Waals surface area (Å²) >= 11 is 12.1. The van der Waals surface area contributed by atoms with Gasteiger partial charge in [0, 0.05) is 19.0 Å². The van der Waals surface area contributed by atoms with E-state index in [1.807, 2.05) is 36.9 Å². The Hall–Kier alpha value is -0.770. The number of benzene rings is 1. The van der Waals surface area contributed by atoms with E-state index in [0.29, 0.717) is 10.0 Å². The van der Waals surface area contributed by atoms with E-state index in [0.717, 1.165) is 38.0 Å². The van der Waals surface area contributed by atoms with Gasteiger partial charge in [0.25, 0.3) is 0 Å². The van der Waals surface area contributed by atoms with Crippen molar-refractivity contribution in [2.24, 2.45) is 5.92 Å². The number of hydrogen-bond acceptors (Lipinski definition) is 2. The molecule has 0 aliphatic carbocycles. The first kappa shape index (κ1) is 16.6. The average molecular weight is 329 g/mol. The van der Waals surface area contributed by atoms with Crippen molar-refractivity contribution in [3.05, 3.63) is 33.8 Å². The minimum absolute atomic E-state index is 0.00618. The Bertz CT molecular complexity index is 507. The summed E-state index contributed by atoms with van der Waals surface area (Å²) in [4.78, 5) is 14.6. The first-order valence-corrected chi connectivity index (χ1v) is 8.26. The van der Waals surface area contributed by atoms with Gasteiger partial charge in [-0.15, -0.1) is 0 Å². The van der Waals surface area contributed by atoms with Crippen molar-refractivity contribution >= 4 is 29.1 Å². The van der Waals surface area contributed by atoms with Crippen LogP contribution in [-0.4, -0.2) is 30.4 Å². The summed E-state index contributed by atoms with van der Waals surface area (Å²) in [6.45, 7) is 6.45. The molecule has 1 fully saturated rings. The summed E-state index contributed by atoms with van der Waals surface area (Å²) in [6, 6.07) is 5.79. The van der Waals surface area contributed by atoms with Crippen LogP contribution in [0.1, 0.15) is 38.3 Å². The second-order valence-corrected chi connectivity index (χ2v) is 6.39. The van der Waals surface area contributed by atoms with Crippen LogP contribution in [0.15, 0.2) is 18.2 Å². The highest BCUT2D eigenvalue weighted by Crippen LogP contribution is 2.35. The highest BCUT2D eigenvalue weighted by atomic mass is 35.5. The van der Waals surface area contributed by atoms with Crippen LogP contribution >= 0.6 is 23.2 Å². The first-order chi connectivity index (χ1) is 10.0. The third kappa shape index (κ3) is 3.91. The summed E-state index contributed by atoms with van der Waals surface area (Å²) in [6.07, 6.45) is 2.02. The van der Waals surface area contributed by atoms with Crippen molar-refractivity contribution in [1.29, 1.82) is 0 Å². The maximum absolute atomic E-state index is 12.6. The van der Waals surface area contributed by atoms with Gasteiger partial charge in [-0.3, -0.25) is 4.79 Å². The van der Waals surface area contributed by atoms with Crippen LogP contribution in [0.2, 0.25) is 10.0 Å². The highest BCUT2D eigenvalue weighted by molar-refractivity contribution is 6.42. The van der Waals surface area contributed by atoms with E-state index < -0.39 is 0 Å². The zero-order valence-corrected chi connectivity index (χ0v) is 14.0. The normalized spacial score (nSPS) is 19.8. The van der Waals surface area contributed by atoms with Crippen LogP contribution in [0.5, 0.6) is 0 Å². The molecule has 1 aromatic rings. The fourth-order valence-electron chi connectivity index (χ4n) is 2.83. The second kappa shape index (κ2) is 7.48. The van der Waals surface area contributed by atoms with Crippen LogP contribution in [0, 0.1) is 5.92 Å². The molecule has 0 saturated carbocycles. The molecule has 116 valence electrons. The van der Waals surface area contributed by atoms with Crippen molar-refractivity contribution in [3.63, 3.8) is 0 Å². The highest BCUT2D eigenvalue weighted by Gasteiger charge is 2.32. The van der Waals surface area contributed by atoms with Gasteiger partial charge in [-0.2, -0.15) is 0 Å². The fraction of sp³-hybridized carbons (Fsp3) is 0.562. The lowest BCUT2D eigenvalue weighted by molar-refractivity contribution is -0.135. The molecule has 1 aromatic carbocycles. The standard InChI is InChI=1S/C16H22Cl2N2O/c1-3-19-10-11(2)16(21)20-8-4-5-15(20)12-6-7-13(17)14(18)9-12/h6-7,9,11,15,19H,3-5,8,10H2,1-2H3. The van der Waals surface area contributed by atoms with Crippen molar-refractivity contribution in [3.8, 4) is 0 Å². The van der Waals surface area contributed by atoms with Crippen molar-refractivity contribution in [2.75, 3.05) is 19.6 Å². The lowest BCUT2D eigenvalue weighted by atomic mass is 10.0. The number of carbonyl (C=O) groups is 1. The van der Waals surface area contributed by atoms with Gasteiger partial charge in [0.05, 0.1) is 16.1 Å². The summed E-state index contributed by atoms with van der Waals surface area (Å²) in [5, 5.41) is 4.34. The van der Waals surface area contributed by atoms with Gasteiger partial charge in [-0.1, -0.05) is 43.1 Å². The molecule has 2 rings (SSSR count). The molecule has 0 bridgehead atoms. The molecule has 0 aromatic heterocycles. The number of rotatable bonds is 5. The molecule has 0 radical (unpaired) electrons. The monoisotopic (exact) mass is 328 g/mol. The van der Waals surface area contributed by atoms with Crippen molar-refractivity contribution in [2.45, 2.75) is 32.7 Å². The largest absolute Gasteiger partial charge is 0.335 e. The number of amides is 1. The molecule has 5 heteroatoms. The summed E-state index contributed by atoms with van der Waals surface area (Å²) < 4.78 is 0. The molecular formula is C16H22Cl2N2O. The van der Waals surface area contributed by atoms with E-state index in [1.165, 1.54) is 0 Å². The smallest absolute Gasteiger partial charge is 0.227 e. The zero-order valence-electron chi connectivity index (χ0n) is 12.5. The van der Waals surface area contributed by atoms with Crippen LogP contribution in [0.4, 0.5) is 0 Å². The van der Waals surface area contributed by atoms with E-state index in [2.05, 4.69) is 5.32 Å². The predicted molar refractivity (Wildman–Crippen MR) is 87.9 cm³/mol. The lowest BCUT2D eigenvalue weighted by Crippen LogP contribution is -2.38. The Morgan fingerprint density at radius 3 is 2.86 bits per heavy atom. The number of halogens is 2. The molecule has 1 amide bonds. The molecule has 21 heavy (non-hydrogen) atoms. The van der Waals surface area contributed by atoms with Crippen LogP contribution in [-0.2, 0) is 4.79 Å². The molecule has 1 saturated heterocycles. The third-order valence-electron chi connectivity index (χ3n) is 3.99. The van der Waals surface area contributed by atoms with Gasteiger partial charge in [0.2, 0.25) is 5.91 Å². The van der Waals surface area contributed by atoms with Crippen molar-refractivity contribution < 1.29 is 4.79 Å². The molecule has 3 nitrogen and oxygen atoms in total. The maximum atomic E-state index is 12.6. The summed E-state index contributed by atoms with van der Waals surface area (Å²) in [5.74, 6) is 0.206. The quantitative estimate of drug-likeness (QED) is 0.888. The maximum Gasteiger partial charge on any atom is 0.227 e. The SMILES string of the molecule is CCNCC(C)C(=O)N1CCCC1c1ccc(Cl)c(Cl)c1. The fourth-order valence-corrected chi connectivity index (χ4v) is 3.13. The molecule has 2 unspecified atom stereocenters. The van der Waals surface area contributed by atoms with E-state index in [9.17, 15) is 4.79 Å². The van der Waals surface area contributed by atoms with Crippen LogP contribution in [0.25, 0.3) is 0 Å². The van der Waals surface area contributed by atoms with Crippen LogP contribution in [0.3, 0.4) is 0 Å². The molecule has 1 aliphatic rings. The number of carbonyl (C=O) groups excluding carboxylic acids is 1. The van der Waals surface area contributed by atoms with E-state index in [4.69, 9.17) is 23.2 Å². The second-order valence-electron chi connectivity index (χ2n) is 5.57. The lowest BCUT2D eigenvalue weighted by Gasteiger charge is -2.28. The topological polar surface area (TPSA) is 32.3 Å². The minimum atomic E-state index is -0.00618. The third-order valence-corrected chi connectivity index (χ3v) is 4.73. The van der Waals surface area contributed by atoms with Gasteiger partial charge in [-0.25, -0.2) is 0 Å². The summed E-state index contributed by atoms with van der Waals surface area (Å²) in [7, 11) is 0. The van der Waals surface area contributed by atoms with Crippen molar-refractivity contribution in [1.82, 2.24) is 10.2 Å². The minimum Gasteiger partial charge on any atom is -0.335 e. The Morgan fingerprint density at radius 2 is 2.19 bits per heavy atom. The van der Waals surface area contributed by atoms with Gasteiger partial charge >= 0.3 is 0 Å². The molecule has 1 N–H and O–H groups in total. The number of likely N-dealkylation sites (tertiary alicyclic amines) is 1. The Morgan fingerprint density at radius 1 is 1.43 bits per heavy atom. The zero-order chi connectivity index (χ0) is 15.4. The molecule has 1 aliphatic heterocycles. The Kier molecular flexibility index (Phi) is 5.91. The average Bonchev–Trinajstić information content (AvgIpc) is 2.96. The van der Waals surface area contributed by atoms with Gasteiger partial charge in [0.1, 0.15) is 0 Å². The Balaban J connectivity index is 2.12. The van der Waals surface area contributed by atoms with E-state index in [1.54, 1.807) is 0 Å². The van der Waals surface area contributed by atoms with E-state index >= 15 is 0 Å². The van der Waals surface area contributed by atoms with Gasteiger partial charge in [-0.05, 0) is 37.1 Å². The number of hydrogen-bond donors (Lipinski definition) is 1. The predicted octanol–water partition coefficient (Wildman–Crippen LogP) is 3.90. The first-order valence-electron chi connectivity index (χ1n) is 7.50. The number of nitrogens with one attached hydrogen (secondary N) is 1.